The maximum absolute atomic E-state index is 13.4. The van der Waals surface area contributed by atoms with E-state index >= 15 is 0 Å². The molecule has 184 valence electrons. The smallest absolute Gasteiger partial charge is 0.409 e. The van der Waals surface area contributed by atoms with Crippen molar-refractivity contribution in [3.05, 3.63) is 64.6 Å². The van der Waals surface area contributed by atoms with Gasteiger partial charge in [0, 0.05) is 56.0 Å². The van der Waals surface area contributed by atoms with Crippen LogP contribution >= 0.6 is 0 Å². The van der Waals surface area contributed by atoms with Crippen molar-refractivity contribution in [2.24, 2.45) is 0 Å². The van der Waals surface area contributed by atoms with E-state index < -0.39 is 0 Å². The molecule has 0 spiro atoms. The van der Waals surface area contributed by atoms with Gasteiger partial charge in [0.15, 0.2) is 5.82 Å². The monoisotopic (exact) mass is 478 g/mol. The normalized spacial score (nSPS) is 13.8. The first-order valence-electron chi connectivity index (χ1n) is 11.8. The maximum Gasteiger partial charge on any atom is 0.409 e. The molecule has 35 heavy (non-hydrogen) atoms. The summed E-state index contributed by atoms with van der Waals surface area (Å²) in [4.78, 5) is 46.1. The number of ether oxygens (including phenoxy) is 1. The predicted molar refractivity (Wildman–Crippen MR) is 131 cm³/mol. The molecule has 0 radical (unpaired) electrons. The highest BCUT2D eigenvalue weighted by Gasteiger charge is 2.25. The van der Waals surface area contributed by atoms with Crippen LogP contribution in [0.5, 0.6) is 0 Å². The third-order valence-corrected chi connectivity index (χ3v) is 6.21. The van der Waals surface area contributed by atoms with Gasteiger partial charge in [0.1, 0.15) is 0 Å². The standard InChI is InChI=1S/C25H30N6O4/c1-4-13-30-18(3)20(11-12-21(32)28-14-16-29(17-15-28)25(34)35-5-2)23(33)31-24(30)26-22(27-31)19-9-7-6-8-10-19/h4,6-10H,1,5,11-17H2,2-3H3. The van der Waals surface area contributed by atoms with Crippen LogP contribution in [0.15, 0.2) is 47.8 Å². The number of hydrogen-bond donors (Lipinski definition) is 0. The summed E-state index contributed by atoms with van der Waals surface area (Å²) in [5.41, 5.74) is 1.82. The van der Waals surface area contributed by atoms with Crippen LogP contribution in [0.4, 0.5) is 4.79 Å². The Morgan fingerprint density at radius 3 is 2.46 bits per heavy atom. The van der Waals surface area contributed by atoms with Crippen molar-refractivity contribution in [1.82, 2.24) is 29.0 Å². The SMILES string of the molecule is C=CCn1c(C)c(CCC(=O)N2CCN(C(=O)OCC)CC2)c(=O)n2nc(-c3ccccc3)nc12. The molecular weight excluding hydrogens is 448 g/mol. The first-order chi connectivity index (χ1) is 16.9. The van der Waals surface area contributed by atoms with Gasteiger partial charge in [-0.15, -0.1) is 11.7 Å². The molecule has 10 nitrogen and oxygen atoms in total. The summed E-state index contributed by atoms with van der Waals surface area (Å²) in [7, 11) is 0. The molecule has 0 atom stereocenters. The number of aromatic nitrogens is 4. The molecule has 1 saturated heterocycles. The quantitative estimate of drug-likeness (QED) is 0.483. The molecule has 1 aromatic carbocycles. The molecule has 1 fully saturated rings. The van der Waals surface area contributed by atoms with Crippen molar-refractivity contribution >= 4 is 17.8 Å². The Balaban J connectivity index is 1.54. The summed E-state index contributed by atoms with van der Waals surface area (Å²) in [6, 6.07) is 9.49. The van der Waals surface area contributed by atoms with Gasteiger partial charge in [0.2, 0.25) is 11.7 Å². The van der Waals surface area contributed by atoms with E-state index in [2.05, 4.69) is 16.7 Å². The third-order valence-electron chi connectivity index (χ3n) is 6.21. The van der Waals surface area contributed by atoms with Gasteiger partial charge < -0.3 is 19.1 Å². The number of carbonyl (C=O) groups excluding carboxylic acids is 2. The molecule has 1 aliphatic heterocycles. The molecule has 0 unspecified atom stereocenters. The molecule has 0 N–H and O–H groups in total. The molecule has 3 heterocycles. The van der Waals surface area contributed by atoms with Crippen molar-refractivity contribution in [2.75, 3.05) is 32.8 Å². The largest absolute Gasteiger partial charge is 0.450 e. The minimum atomic E-state index is -0.353. The van der Waals surface area contributed by atoms with Gasteiger partial charge in [0.05, 0.1) is 6.61 Å². The number of hydrogen-bond acceptors (Lipinski definition) is 6. The van der Waals surface area contributed by atoms with Crippen molar-refractivity contribution in [1.29, 1.82) is 0 Å². The Labute approximate surface area is 203 Å². The van der Waals surface area contributed by atoms with E-state index in [1.807, 2.05) is 41.8 Å². The second kappa shape index (κ2) is 10.5. The van der Waals surface area contributed by atoms with E-state index in [4.69, 9.17) is 4.74 Å². The zero-order valence-electron chi connectivity index (χ0n) is 20.1. The van der Waals surface area contributed by atoms with E-state index in [0.717, 1.165) is 11.3 Å². The van der Waals surface area contributed by atoms with E-state index in [0.29, 0.717) is 56.5 Å². The number of carbonyl (C=O) groups is 2. The summed E-state index contributed by atoms with van der Waals surface area (Å²) < 4.78 is 8.24. The van der Waals surface area contributed by atoms with Gasteiger partial charge in [0.25, 0.3) is 5.56 Å². The third kappa shape index (κ3) is 4.96. The highest BCUT2D eigenvalue weighted by molar-refractivity contribution is 5.77. The maximum atomic E-state index is 13.4. The van der Waals surface area contributed by atoms with E-state index in [9.17, 15) is 14.4 Å². The van der Waals surface area contributed by atoms with Crippen LogP contribution in [-0.4, -0.2) is 73.8 Å². The van der Waals surface area contributed by atoms with E-state index in [1.165, 1.54) is 4.52 Å². The van der Waals surface area contributed by atoms with Gasteiger partial charge in [-0.1, -0.05) is 36.4 Å². The van der Waals surface area contributed by atoms with E-state index in [1.54, 1.807) is 22.8 Å². The highest BCUT2D eigenvalue weighted by Crippen LogP contribution is 2.18. The van der Waals surface area contributed by atoms with Crippen molar-refractivity contribution in [2.45, 2.75) is 33.2 Å². The topological polar surface area (TPSA) is 102 Å². The zero-order chi connectivity index (χ0) is 24.9. The van der Waals surface area contributed by atoms with Crippen LogP contribution < -0.4 is 5.56 Å². The molecule has 0 saturated carbocycles. The lowest BCUT2D eigenvalue weighted by molar-refractivity contribution is -0.132. The highest BCUT2D eigenvalue weighted by atomic mass is 16.6. The lowest BCUT2D eigenvalue weighted by atomic mass is 10.1. The fraction of sp³-hybridized carbons (Fsp3) is 0.400. The minimum absolute atomic E-state index is 0.0498. The predicted octanol–water partition coefficient (Wildman–Crippen LogP) is 2.29. The van der Waals surface area contributed by atoms with Crippen molar-refractivity contribution in [3.8, 4) is 11.4 Å². The first kappa shape index (κ1) is 24.2. The fourth-order valence-corrected chi connectivity index (χ4v) is 4.30. The molecule has 2 aromatic heterocycles. The number of allylic oxidation sites excluding steroid dienone is 1. The van der Waals surface area contributed by atoms with Crippen LogP contribution in [0.1, 0.15) is 24.6 Å². The Morgan fingerprint density at radius 2 is 1.80 bits per heavy atom. The number of fused-ring (bicyclic) bond motifs is 1. The molecule has 0 bridgehead atoms. The second-order valence-corrected chi connectivity index (χ2v) is 8.35. The zero-order valence-corrected chi connectivity index (χ0v) is 20.1. The summed E-state index contributed by atoms with van der Waals surface area (Å²) in [6.45, 7) is 10.00. The first-order valence-corrected chi connectivity index (χ1v) is 11.8. The molecule has 3 aromatic rings. The fourth-order valence-electron chi connectivity index (χ4n) is 4.30. The van der Waals surface area contributed by atoms with Gasteiger partial charge in [-0.25, -0.2) is 4.79 Å². The van der Waals surface area contributed by atoms with Crippen molar-refractivity contribution < 1.29 is 14.3 Å². The average Bonchev–Trinajstić information content (AvgIpc) is 3.33. The number of nitrogens with zero attached hydrogens (tertiary/aromatic N) is 6. The Kier molecular flexibility index (Phi) is 7.28. The summed E-state index contributed by atoms with van der Waals surface area (Å²) in [5, 5.41) is 4.48. The van der Waals surface area contributed by atoms with Crippen molar-refractivity contribution in [3.63, 3.8) is 0 Å². The average molecular weight is 479 g/mol. The van der Waals surface area contributed by atoms with Gasteiger partial charge >= 0.3 is 6.09 Å². The van der Waals surface area contributed by atoms with Crippen LogP contribution in [0.2, 0.25) is 0 Å². The Hall–Kier alpha value is -3.95. The number of amides is 2. The van der Waals surface area contributed by atoms with E-state index in [-0.39, 0.29) is 30.4 Å². The van der Waals surface area contributed by atoms with Gasteiger partial charge in [-0.3, -0.25) is 9.59 Å². The van der Waals surface area contributed by atoms with Gasteiger partial charge in [-0.05, 0) is 20.3 Å². The molecule has 1 aliphatic rings. The van der Waals surface area contributed by atoms with Gasteiger partial charge in [-0.2, -0.15) is 9.50 Å². The lowest BCUT2D eigenvalue weighted by Gasteiger charge is -2.34. The summed E-state index contributed by atoms with van der Waals surface area (Å²) in [6.07, 6.45) is 1.87. The summed E-state index contributed by atoms with van der Waals surface area (Å²) >= 11 is 0. The molecular formula is C25H30N6O4. The van der Waals surface area contributed by atoms with Crippen LogP contribution in [-0.2, 0) is 22.5 Å². The number of rotatable bonds is 7. The Morgan fingerprint density at radius 1 is 1.11 bits per heavy atom. The molecule has 0 aliphatic carbocycles. The van der Waals surface area contributed by atoms with Crippen LogP contribution in [0, 0.1) is 6.92 Å². The molecule has 2 amide bonds. The summed E-state index contributed by atoms with van der Waals surface area (Å²) in [5.74, 6) is 0.857. The number of benzene rings is 1. The second-order valence-electron chi connectivity index (χ2n) is 8.35. The molecule has 10 heteroatoms. The number of piperazine rings is 1. The minimum Gasteiger partial charge on any atom is -0.450 e. The molecule has 4 rings (SSSR count). The lowest BCUT2D eigenvalue weighted by Crippen LogP contribution is -2.50. The Bertz CT molecular complexity index is 1290. The van der Waals surface area contributed by atoms with Crippen LogP contribution in [0.25, 0.3) is 17.2 Å². The van der Waals surface area contributed by atoms with Crippen LogP contribution in [0.3, 0.4) is 0 Å².